The van der Waals surface area contributed by atoms with E-state index in [0.717, 1.165) is 36.2 Å². The van der Waals surface area contributed by atoms with Gasteiger partial charge < -0.3 is 9.80 Å². The number of rotatable bonds is 4. The molecule has 0 saturated carbocycles. The predicted molar refractivity (Wildman–Crippen MR) is 98.8 cm³/mol. The average Bonchev–Trinajstić information content (AvgIpc) is 3.05. The van der Waals surface area contributed by atoms with Crippen molar-refractivity contribution in [3.05, 3.63) is 48.5 Å². The van der Waals surface area contributed by atoms with Crippen molar-refractivity contribution >= 4 is 28.3 Å². The maximum atomic E-state index is 13.8. The van der Waals surface area contributed by atoms with Gasteiger partial charge in [0.1, 0.15) is 17.9 Å². The summed E-state index contributed by atoms with van der Waals surface area (Å²) in [7, 11) is 0. The summed E-state index contributed by atoms with van der Waals surface area (Å²) >= 11 is 0. The Kier molecular flexibility index (Phi) is 4.28. The summed E-state index contributed by atoms with van der Waals surface area (Å²) in [5.41, 5.74) is 3.09. The molecule has 3 aromatic rings. The smallest absolute Gasteiger partial charge is 0.248 e. The van der Waals surface area contributed by atoms with Crippen LogP contribution in [0.1, 0.15) is 13.3 Å². The third-order valence-corrected chi connectivity index (χ3v) is 4.66. The Morgan fingerprint density at radius 2 is 2.12 bits per heavy atom. The molecule has 0 radical (unpaired) electrons. The molecule has 0 saturated heterocycles. The number of anilines is 2. The van der Waals surface area contributed by atoms with Crippen LogP contribution in [0.15, 0.2) is 42.7 Å². The number of fused-ring (bicyclic) bond motifs is 2. The zero-order valence-corrected chi connectivity index (χ0v) is 14.6. The summed E-state index contributed by atoms with van der Waals surface area (Å²) in [5.74, 6) is -0.449. The number of amides is 1. The average molecular weight is 353 g/mol. The highest BCUT2D eigenvalue weighted by molar-refractivity contribution is 5.98. The maximum absolute atomic E-state index is 13.8. The van der Waals surface area contributed by atoms with Gasteiger partial charge in [-0.1, -0.05) is 6.92 Å². The standard InChI is InChI=1S/C19H20FN5O/c1-2-8-23-9-10-24(18-11-14(20)5-6-17(18)23)19(26)13-25-16-4-3-7-21-15(16)12-22-25/h3-7,11-12H,2,8-10,13H2,1H3. The highest BCUT2D eigenvalue weighted by Gasteiger charge is 2.27. The van der Waals surface area contributed by atoms with Crippen LogP contribution in [-0.2, 0) is 11.3 Å². The molecule has 7 heteroatoms. The Morgan fingerprint density at radius 1 is 1.23 bits per heavy atom. The van der Waals surface area contributed by atoms with Gasteiger partial charge in [-0.25, -0.2) is 4.39 Å². The molecule has 0 unspecified atom stereocenters. The number of halogens is 1. The van der Waals surface area contributed by atoms with Crippen LogP contribution in [0.3, 0.4) is 0 Å². The molecule has 1 amide bonds. The first-order valence-electron chi connectivity index (χ1n) is 8.79. The van der Waals surface area contributed by atoms with E-state index in [-0.39, 0.29) is 18.3 Å². The third kappa shape index (κ3) is 2.89. The molecule has 0 fully saturated rings. The van der Waals surface area contributed by atoms with Crippen molar-refractivity contribution in [2.45, 2.75) is 19.9 Å². The van der Waals surface area contributed by atoms with Gasteiger partial charge in [-0.05, 0) is 36.8 Å². The first-order valence-corrected chi connectivity index (χ1v) is 8.79. The van der Waals surface area contributed by atoms with Crippen LogP contribution in [0.4, 0.5) is 15.8 Å². The summed E-state index contributed by atoms with van der Waals surface area (Å²) in [5, 5.41) is 4.27. The van der Waals surface area contributed by atoms with Gasteiger partial charge in [0.15, 0.2) is 0 Å². The number of benzene rings is 1. The summed E-state index contributed by atoms with van der Waals surface area (Å²) in [6, 6.07) is 8.35. The lowest BCUT2D eigenvalue weighted by Crippen LogP contribution is -2.45. The highest BCUT2D eigenvalue weighted by Crippen LogP contribution is 2.34. The molecule has 3 heterocycles. The Balaban J connectivity index is 1.64. The maximum Gasteiger partial charge on any atom is 0.248 e. The largest absolute Gasteiger partial charge is 0.368 e. The highest BCUT2D eigenvalue weighted by atomic mass is 19.1. The third-order valence-electron chi connectivity index (χ3n) is 4.66. The molecule has 0 aliphatic carbocycles. The zero-order chi connectivity index (χ0) is 18.1. The molecular formula is C19H20FN5O. The van der Waals surface area contributed by atoms with Crippen molar-refractivity contribution in [1.29, 1.82) is 0 Å². The van der Waals surface area contributed by atoms with E-state index in [1.165, 1.54) is 12.1 Å². The lowest BCUT2D eigenvalue weighted by molar-refractivity contribution is -0.119. The van der Waals surface area contributed by atoms with Gasteiger partial charge in [0.05, 0.1) is 23.1 Å². The van der Waals surface area contributed by atoms with Gasteiger partial charge in [-0.15, -0.1) is 0 Å². The van der Waals surface area contributed by atoms with Crippen molar-refractivity contribution in [3.63, 3.8) is 0 Å². The molecule has 2 aromatic heterocycles. The minimum Gasteiger partial charge on any atom is -0.368 e. The fourth-order valence-corrected chi connectivity index (χ4v) is 3.46. The molecule has 6 nitrogen and oxygen atoms in total. The molecule has 134 valence electrons. The van der Waals surface area contributed by atoms with Crippen molar-refractivity contribution < 1.29 is 9.18 Å². The van der Waals surface area contributed by atoms with E-state index >= 15 is 0 Å². The molecular weight excluding hydrogens is 333 g/mol. The first kappa shape index (κ1) is 16.5. The molecule has 1 aliphatic rings. The van der Waals surface area contributed by atoms with Crippen molar-refractivity contribution in [3.8, 4) is 0 Å². The lowest BCUT2D eigenvalue weighted by atomic mass is 10.1. The Morgan fingerprint density at radius 3 is 2.96 bits per heavy atom. The quantitative estimate of drug-likeness (QED) is 0.724. The molecule has 0 bridgehead atoms. The fraction of sp³-hybridized carbons (Fsp3) is 0.316. The number of hydrogen-bond acceptors (Lipinski definition) is 4. The number of aromatic nitrogens is 3. The minimum atomic E-state index is -0.339. The van der Waals surface area contributed by atoms with Crippen LogP contribution in [0.2, 0.25) is 0 Å². The topological polar surface area (TPSA) is 54.3 Å². The van der Waals surface area contributed by atoms with Crippen molar-refractivity contribution in [1.82, 2.24) is 14.8 Å². The van der Waals surface area contributed by atoms with Gasteiger partial charge in [0.25, 0.3) is 0 Å². The van der Waals surface area contributed by atoms with E-state index < -0.39 is 0 Å². The van der Waals surface area contributed by atoms with E-state index in [1.807, 2.05) is 12.1 Å². The number of hydrogen-bond donors (Lipinski definition) is 0. The lowest BCUT2D eigenvalue weighted by Gasteiger charge is -2.37. The SMILES string of the molecule is CCCN1CCN(C(=O)Cn2ncc3ncccc32)c2cc(F)ccc21. The van der Waals surface area contributed by atoms with Gasteiger partial charge in [-0.3, -0.25) is 14.5 Å². The number of pyridine rings is 1. The van der Waals surface area contributed by atoms with E-state index in [2.05, 4.69) is 21.9 Å². The van der Waals surface area contributed by atoms with Crippen LogP contribution in [0.25, 0.3) is 11.0 Å². The van der Waals surface area contributed by atoms with Gasteiger partial charge in [0, 0.05) is 25.8 Å². The van der Waals surface area contributed by atoms with E-state index in [4.69, 9.17) is 0 Å². The van der Waals surface area contributed by atoms with Crippen molar-refractivity contribution in [2.24, 2.45) is 0 Å². The monoisotopic (exact) mass is 353 g/mol. The van der Waals surface area contributed by atoms with Crippen LogP contribution >= 0.6 is 0 Å². The molecule has 1 aromatic carbocycles. The fourth-order valence-electron chi connectivity index (χ4n) is 3.46. The minimum absolute atomic E-state index is 0.0962. The molecule has 0 atom stereocenters. The van der Waals surface area contributed by atoms with Crippen LogP contribution in [0, 0.1) is 5.82 Å². The summed E-state index contributed by atoms with van der Waals surface area (Å²) in [6.45, 7) is 4.36. The summed E-state index contributed by atoms with van der Waals surface area (Å²) < 4.78 is 15.5. The number of nitrogens with zero attached hydrogens (tertiary/aromatic N) is 5. The second-order valence-corrected chi connectivity index (χ2v) is 6.38. The first-order chi connectivity index (χ1) is 12.7. The van der Waals surface area contributed by atoms with E-state index in [9.17, 15) is 9.18 Å². The predicted octanol–water partition coefficient (Wildman–Crippen LogP) is 2.83. The summed E-state index contributed by atoms with van der Waals surface area (Å²) in [4.78, 5) is 21.0. The molecule has 0 N–H and O–H groups in total. The van der Waals surface area contributed by atoms with Crippen molar-refractivity contribution in [2.75, 3.05) is 29.4 Å². The second kappa shape index (κ2) is 6.74. The van der Waals surface area contributed by atoms with Gasteiger partial charge in [0.2, 0.25) is 5.91 Å². The molecule has 1 aliphatic heterocycles. The van der Waals surface area contributed by atoms with Crippen LogP contribution in [0.5, 0.6) is 0 Å². The van der Waals surface area contributed by atoms with Gasteiger partial charge >= 0.3 is 0 Å². The Bertz CT molecular complexity index is 954. The van der Waals surface area contributed by atoms with Crippen LogP contribution < -0.4 is 9.80 Å². The molecule has 0 spiro atoms. The number of carbonyl (C=O) groups excluding carboxylic acids is 1. The van der Waals surface area contributed by atoms with E-state index in [1.54, 1.807) is 28.0 Å². The van der Waals surface area contributed by atoms with Gasteiger partial charge in [-0.2, -0.15) is 5.10 Å². The van der Waals surface area contributed by atoms with E-state index in [0.29, 0.717) is 12.2 Å². The zero-order valence-electron chi connectivity index (χ0n) is 14.6. The Hall–Kier alpha value is -2.96. The Labute approximate surface area is 150 Å². The summed E-state index contributed by atoms with van der Waals surface area (Å²) in [6.07, 6.45) is 4.34. The number of carbonyl (C=O) groups is 1. The molecule has 4 rings (SSSR count). The van der Waals surface area contributed by atoms with Crippen LogP contribution in [-0.4, -0.2) is 40.3 Å². The normalized spacial score (nSPS) is 13.9. The second-order valence-electron chi connectivity index (χ2n) is 6.38. The molecule has 26 heavy (non-hydrogen) atoms.